The largest absolute Gasteiger partial charge is 0.334 e. The molecule has 2 aromatic carbocycles. The fourth-order valence-electron chi connectivity index (χ4n) is 3.24. The molecule has 3 amide bonds. The van der Waals surface area contributed by atoms with Crippen molar-refractivity contribution in [3.8, 4) is 0 Å². The monoisotopic (exact) mass is 355 g/mol. The van der Waals surface area contributed by atoms with Crippen molar-refractivity contribution >= 4 is 17.6 Å². The molecule has 1 fully saturated rings. The second-order valence-electron chi connectivity index (χ2n) is 6.55. The van der Waals surface area contributed by atoms with Crippen molar-refractivity contribution < 1.29 is 14.0 Å². The first-order valence-corrected chi connectivity index (χ1v) is 8.74. The van der Waals surface area contributed by atoms with Gasteiger partial charge in [-0.1, -0.05) is 49.2 Å². The van der Waals surface area contributed by atoms with Gasteiger partial charge in [0.1, 0.15) is 11.4 Å². The lowest BCUT2D eigenvalue weighted by atomic mass is 9.96. The van der Waals surface area contributed by atoms with E-state index < -0.39 is 11.4 Å². The molecule has 0 saturated heterocycles. The lowest BCUT2D eigenvalue weighted by Gasteiger charge is -2.29. The predicted octanol–water partition coefficient (Wildman–Crippen LogP) is 3.58. The molecule has 26 heavy (non-hydrogen) atoms. The Balaban J connectivity index is 1.63. The normalized spacial score (nSPS) is 15.3. The molecule has 2 aromatic rings. The molecule has 0 heterocycles. The Bertz CT molecular complexity index is 774. The Hall–Kier alpha value is -2.89. The van der Waals surface area contributed by atoms with Gasteiger partial charge in [-0.2, -0.15) is 0 Å². The summed E-state index contributed by atoms with van der Waals surface area (Å²) in [6.45, 7) is 0.383. The third-order valence-corrected chi connectivity index (χ3v) is 4.62. The number of nitrogens with one attached hydrogen (secondary N) is 3. The molecule has 5 nitrogen and oxygen atoms in total. The Morgan fingerprint density at radius 2 is 1.73 bits per heavy atom. The van der Waals surface area contributed by atoms with Crippen LogP contribution in [0.3, 0.4) is 0 Å². The summed E-state index contributed by atoms with van der Waals surface area (Å²) >= 11 is 0. The zero-order valence-corrected chi connectivity index (χ0v) is 14.4. The van der Waals surface area contributed by atoms with E-state index in [4.69, 9.17) is 0 Å². The van der Waals surface area contributed by atoms with Crippen LogP contribution in [0.1, 0.15) is 31.2 Å². The highest BCUT2D eigenvalue weighted by atomic mass is 19.1. The van der Waals surface area contributed by atoms with Gasteiger partial charge >= 0.3 is 6.03 Å². The topological polar surface area (TPSA) is 70.2 Å². The minimum absolute atomic E-state index is 0.310. The van der Waals surface area contributed by atoms with Gasteiger partial charge in [-0.3, -0.25) is 4.79 Å². The molecule has 0 unspecified atom stereocenters. The minimum Gasteiger partial charge on any atom is -0.334 e. The fraction of sp³-hybridized carbons (Fsp3) is 0.300. The minimum atomic E-state index is -0.965. The molecule has 3 rings (SSSR count). The lowest BCUT2D eigenvalue weighted by Crippen LogP contribution is -2.57. The number of benzene rings is 2. The van der Waals surface area contributed by atoms with Crippen molar-refractivity contribution in [2.75, 3.05) is 5.32 Å². The van der Waals surface area contributed by atoms with Gasteiger partial charge in [-0.05, 0) is 36.6 Å². The highest BCUT2D eigenvalue weighted by Gasteiger charge is 2.42. The molecule has 1 aliphatic carbocycles. The number of halogens is 1. The second kappa shape index (κ2) is 7.99. The molecule has 0 atom stereocenters. The number of rotatable bonds is 5. The van der Waals surface area contributed by atoms with E-state index >= 15 is 0 Å². The molecule has 0 aromatic heterocycles. The van der Waals surface area contributed by atoms with Crippen LogP contribution in [0.5, 0.6) is 0 Å². The van der Waals surface area contributed by atoms with Crippen LogP contribution in [0.4, 0.5) is 14.9 Å². The summed E-state index contributed by atoms with van der Waals surface area (Å²) in [6, 6.07) is 14.9. The maximum Gasteiger partial charge on any atom is 0.315 e. The molecule has 0 radical (unpaired) electrons. The molecular formula is C20H22FN3O2. The molecule has 0 aliphatic heterocycles. The Morgan fingerprint density at radius 3 is 2.42 bits per heavy atom. The smallest absolute Gasteiger partial charge is 0.315 e. The maximum absolute atomic E-state index is 13.3. The van der Waals surface area contributed by atoms with Gasteiger partial charge in [0.2, 0.25) is 5.91 Å². The highest BCUT2D eigenvalue weighted by Crippen LogP contribution is 2.31. The number of urea groups is 1. The van der Waals surface area contributed by atoms with Crippen molar-refractivity contribution in [1.29, 1.82) is 0 Å². The van der Waals surface area contributed by atoms with Crippen molar-refractivity contribution in [3.05, 3.63) is 66.0 Å². The number of amides is 3. The first-order valence-electron chi connectivity index (χ1n) is 8.74. The van der Waals surface area contributed by atoms with Crippen LogP contribution >= 0.6 is 0 Å². The third kappa shape index (κ3) is 4.39. The van der Waals surface area contributed by atoms with Crippen LogP contribution in [0.2, 0.25) is 0 Å². The van der Waals surface area contributed by atoms with Gasteiger partial charge in [-0.25, -0.2) is 9.18 Å². The SMILES string of the molecule is O=C(NCc1ccccc1)NC1(C(=O)Nc2cccc(F)c2)CCCC1. The average Bonchev–Trinajstić information content (AvgIpc) is 3.11. The van der Waals surface area contributed by atoms with Crippen LogP contribution in [0.15, 0.2) is 54.6 Å². The van der Waals surface area contributed by atoms with Crippen LogP contribution in [-0.4, -0.2) is 17.5 Å². The van der Waals surface area contributed by atoms with Gasteiger partial charge in [0.25, 0.3) is 0 Å². The molecule has 1 aliphatic rings. The van der Waals surface area contributed by atoms with Gasteiger partial charge < -0.3 is 16.0 Å². The second-order valence-corrected chi connectivity index (χ2v) is 6.55. The summed E-state index contributed by atoms with van der Waals surface area (Å²) in [5, 5.41) is 8.35. The summed E-state index contributed by atoms with van der Waals surface area (Å²) < 4.78 is 13.3. The van der Waals surface area contributed by atoms with E-state index in [1.807, 2.05) is 30.3 Å². The zero-order chi connectivity index (χ0) is 18.4. The molecule has 1 saturated carbocycles. The molecule has 136 valence electrons. The van der Waals surface area contributed by atoms with Crippen molar-refractivity contribution in [1.82, 2.24) is 10.6 Å². The number of carbonyl (C=O) groups excluding carboxylic acids is 2. The lowest BCUT2D eigenvalue weighted by molar-refractivity contribution is -0.121. The van der Waals surface area contributed by atoms with Crippen molar-refractivity contribution in [2.45, 2.75) is 37.8 Å². The van der Waals surface area contributed by atoms with E-state index in [0.717, 1.165) is 18.4 Å². The summed E-state index contributed by atoms with van der Waals surface area (Å²) in [7, 11) is 0. The summed E-state index contributed by atoms with van der Waals surface area (Å²) in [5.74, 6) is -0.729. The number of anilines is 1. The Labute approximate surface area is 152 Å². The Morgan fingerprint density at radius 1 is 1.00 bits per heavy atom. The van der Waals surface area contributed by atoms with E-state index in [1.54, 1.807) is 6.07 Å². The summed E-state index contributed by atoms with van der Waals surface area (Å²) in [4.78, 5) is 25.1. The third-order valence-electron chi connectivity index (χ3n) is 4.62. The highest BCUT2D eigenvalue weighted by molar-refractivity contribution is 6.00. The van der Waals surface area contributed by atoms with E-state index in [-0.39, 0.29) is 11.9 Å². The van der Waals surface area contributed by atoms with Gasteiger partial charge in [0.15, 0.2) is 0 Å². The summed E-state index contributed by atoms with van der Waals surface area (Å²) in [6.07, 6.45) is 2.84. The first-order chi connectivity index (χ1) is 12.6. The van der Waals surface area contributed by atoms with E-state index in [1.165, 1.54) is 18.2 Å². The molecule has 6 heteroatoms. The van der Waals surface area contributed by atoms with Crippen molar-refractivity contribution in [3.63, 3.8) is 0 Å². The average molecular weight is 355 g/mol. The maximum atomic E-state index is 13.3. The predicted molar refractivity (Wildman–Crippen MR) is 98.0 cm³/mol. The zero-order valence-electron chi connectivity index (χ0n) is 14.4. The molecule has 3 N–H and O–H groups in total. The van der Waals surface area contributed by atoms with Crippen LogP contribution in [0.25, 0.3) is 0 Å². The fourth-order valence-corrected chi connectivity index (χ4v) is 3.24. The number of hydrogen-bond donors (Lipinski definition) is 3. The van der Waals surface area contributed by atoms with Crippen LogP contribution < -0.4 is 16.0 Å². The Kier molecular flexibility index (Phi) is 5.51. The molecular weight excluding hydrogens is 333 g/mol. The van der Waals surface area contributed by atoms with Crippen LogP contribution in [0, 0.1) is 5.82 Å². The van der Waals surface area contributed by atoms with E-state index in [0.29, 0.717) is 25.1 Å². The molecule has 0 bridgehead atoms. The van der Waals surface area contributed by atoms with Gasteiger partial charge in [0.05, 0.1) is 0 Å². The van der Waals surface area contributed by atoms with E-state index in [9.17, 15) is 14.0 Å². The van der Waals surface area contributed by atoms with Gasteiger partial charge in [0, 0.05) is 12.2 Å². The number of hydrogen-bond acceptors (Lipinski definition) is 2. The van der Waals surface area contributed by atoms with Gasteiger partial charge in [-0.15, -0.1) is 0 Å². The standard InChI is InChI=1S/C20H22FN3O2/c21-16-9-6-10-17(13-16)23-18(25)20(11-4-5-12-20)24-19(26)22-14-15-7-2-1-3-8-15/h1-3,6-10,13H,4-5,11-12,14H2,(H,23,25)(H2,22,24,26). The van der Waals surface area contributed by atoms with Crippen LogP contribution in [-0.2, 0) is 11.3 Å². The number of carbonyl (C=O) groups is 2. The van der Waals surface area contributed by atoms with E-state index in [2.05, 4.69) is 16.0 Å². The molecule has 0 spiro atoms. The summed E-state index contributed by atoms with van der Waals surface area (Å²) in [5.41, 5.74) is 0.396. The quantitative estimate of drug-likeness (QED) is 0.767. The first kappa shape index (κ1) is 17.9. The van der Waals surface area contributed by atoms with Crippen molar-refractivity contribution in [2.24, 2.45) is 0 Å².